The van der Waals surface area contributed by atoms with Gasteiger partial charge in [-0.3, -0.25) is 0 Å². The summed E-state index contributed by atoms with van der Waals surface area (Å²) in [7, 11) is 0. The number of nitrogens with zero attached hydrogens (tertiary/aromatic N) is 4. The largest absolute Gasteiger partial charge is 0.463 e. The summed E-state index contributed by atoms with van der Waals surface area (Å²) in [5, 5.41) is 12.9. The van der Waals surface area contributed by atoms with Crippen LogP contribution in [0.5, 0.6) is 6.01 Å². The van der Waals surface area contributed by atoms with Gasteiger partial charge >= 0.3 is 12.2 Å². The molecule has 14 heteroatoms. The van der Waals surface area contributed by atoms with E-state index in [1.165, 1.54) is 0 Å². The fourth-order valence-corrected chi connectivity index (χ4v) is 7.52. The van der Waals surface area contributed by atoms with Gasteiger partial charge < -0.3 is 25.4 Å². The number of thiophene rings is 1. The van der Waals surface area contributed by atoms with Crippen molar-refractivity contribution in [2.24, 2.45) is 5.92 Å². The van der Waals surface area contributed by atoms with E-state index in [9.17, 15) is 22.8 Å². The van der Waals surface area contributed by atoms with E-state index in [-0.39, 0.29) is 73.6 Å². The summed E-state index contributed by atoms with van der Waals surface area (Å²) < 4.78 is 87.2. The lowest BCUT2D eigenvalue weighted by molar-refractivity contribution is -0.137. The Balaban J connectivity index is 1.46. The molecule has 0 saturated carbocycles. The van der Waals surface area contributed by atoms with E-state index in [2.05, 4.69) is 15.3 Å². The average molecular weight is 631 g/mol. The number of hydrogen-bond donors (Lipinski definition) is 2. The molecular formula is C30H27F5N6O2S. The second-order valence-electron chi connectivity index (χ2n) is 11.5. The number of nitriles is 1. The molecule has 3 aliphatic rings. The highest BCUT2D eigenvalue weighted by Gasteiger charge is 2.40. The van der Waals surface area contributed by atoms with Crippen LogP contribution in [0, 0.1) is 28.9 Å². The first kappa shape index (κ1) is 28.9. The van der Waals surface area contributed by atoms with Crippen molar-refractivity contribution >= 4 is 43.1 Å². The predicted molar refractivity (Wildman–Crippen MR) is 156 cm³/mol. The summed E-state index contributed by atoms with van der Waals surface area (Å²) in [6.45, 7) is 2.37. The third kappa shape index (κ3) is 4.96. The minimum Gasteiger partial charge on any atom is -0.463 e. The zero-order valence-corrected chi connectivity index (χ0v) is 24.1. The summed E-state index contributed by atoms with van der Waals surface area (Å²) in [4.78, 5) is 10.7. The first-order valence-corrected chi connectivity index (χ1v) is 15.2. The maximum absolute atomic E-state index is 16.8. The SMILES string of the molecule is N#Cc1c(N)sc2c(F)ccc(-c3c(C(F)(F)F)cc4c(N5C[C@H]6CC[C@@H](C5)N6)nc(OCC5CCOCC5)nc4c3F)c12. The molecule has 3 fully saturated rings. The molecule has 3 N–H and O–H groups in total. The molecule has 0 radical (unpaired) electrons. The lowest BCUT2D eigenvalue weighted by Gasteiger charge is -2.34. The lowest BCUT2D eigenvalue weighted by atomic mass is 9.92. The number of ether oxygens (including phenoxy) is 2. The van der Waals surface area contributed by atoms with Crippen molar-refractivity contribution in [2.45, 2.75) is 43.9 Å². The molecule has 2 aromatic carbocycles. The van der Waals surface area contributed by atoms with Gasteiger partial charge in [0.2, 0.25) is 0 Å². The van der Waals surface area contributed by atoms with Gasteiger partial charge in [0.25, 0.3) is 0 Å². The normalized spacial score (nSPS) is 20.9. The molecule has 230 valence electrons. The molecule has 0 unspecified atom stereocenters. The molecule has 0 aliphatic carbocycles. The Morgan fingerprint density at radius 2 is 1.84 bits per heavy atom. The number of anilines is 2. The third-order valence-corrected chi connectivity index (χ3v) is 9.73. The van der Waals surface area contributed by atoms with E-state index in [0.717, 1.165) is 55.2 Å². The highest BCUT2D eigenvalue weighted by atomic mass is 32.1. The van der Waals surface area contributed by atoms with Crippen LogP contribution in [0.15, 0.2) is 18.2 Å². The van der Waals surface area contributed by atoms with Crippen LogP contribution in [-0.4, -0.2) is 55.0 Å². The van der Waals surface area contributed by atoms with Crippen LogP contribution in [0.25, 0.3) is 32.1 Å². The Morgan fingerprint density at radius 3 is 2.52 bits per heavy atom. The Morgan fingerprint density at radius 1 is 1.11 bits per heavy atom. The van der Waals surface area contributed by atoms with Gasteiger partial charge in [0.05, 0.1) is 22.4 Å². The van der Waals surface area contributed by atoms with Crippen LogP contribution in [0.1, 0.15) is 36.8 Å². The second kappa shape index (κ2) is 11.0. The molecule has 5 heterocycles. The predicted octanol–water partition coefficient (Wildman–Crippen LogP) is 6.01. The van der Waals surface area contributed by atoms with E-state index < -0.39 is 28.9 Å². The number of halogens is 5. The molecule has 2 bridgehead atoms. The second-order valence-corrected chi connectivity index (χ2v) is 12.6. The molecule has 2 atom stereocenters. The number of piperazine rings is 1. The minimum atomic E-state index is -5.02. The van der Waals surface area contributed by atoms with Gasteiger partial charge in [-0.15, -0.1) is 11.3 Å². The monoisotopic (exact) mass is 630 g/mol. The number of nitrogens with one attached hydrogen (secondary N) is 1. The van der Waals surface area contributed by atoms with Crippen LogP contribution >= 0.6 is 11.3 Å². The maximum Gasteiger partial charge on any atom is 0.417 e. The third-order valence-electron chi connectivity index (χ3n) is 8.70. The topological polar surface area (TPSA) is 109 Å². The van der Waals surface area contributed by atoms with Crippen LogP contribution < -0.4 is 20.7 Å². The summed E-state index contributed by atoms with van der Waals surface area (Å²) >= 11 is 0.721. The number of nitrogen functional groups attached to an aromatic ring is 1. The van der Waals surface area contributed by atoms with Gasteiger partial charge in [0.1, 0.15) is 28.2 Å². The Kier molecular flexibility index (Phi) is 7.22. The molecule has 2 aromatic heterocycles. The van der Waals surface area contributed by atoms with E-state index in [1.54, 1.807) is 0 Å². The van der Waals surface area contributed by atoms with Crippen LogP contribution in [-0.2, 0) is 10.9 Å². The van der Waals surface area contributed by atoms with Gasteiger partial charge in [0, 0.05) is 54.7 Å². The molecule has 3 saturated heterocycles. The Hall–Kier alpha value is -3.80. The number of benzene rings is 2. The van der Waals surface area contributed by atoms with Crippen molar-refractivity contribution in [3.63, 3.8) is 0 Å². The number of fused-ring (bicyclic) bond motifs is 4. The fourth-order valence-electron chi connectivity index (χ4n) is 6.57. The van der Waals surface area contributed by atoms with Crippen molar-refractivity contribution in [3.8, 4) is 23.2 Å². The van der Waals surface area contributed by atoms with Gasteiger partial charge in [-0.2, -0.15) is 28.4 Å². The number of hydrogen-bond acceptors (Lipinski definition) is 9. The fraction of sp³-hybridized carbons (Fsp3) is 0.433. The van der Waals surface area contributed by atoms with Crippen molar-refractivity contribution in [2.75, 3.05) is 43.5 Å². The van der Waals surface area contributed by atoms with E-state index in [4.69, 9.17) is 15.2 Å². The van der Waals surface area contributed by atoms with Crippen LogP contribution in [0.2, 0.25) is 0 Å². The molecule has 3 aliphatic heterocycles. The van der Waals surface area contributed by atoms with Gasteiger partial charge in [-0.25, -0.2) is 8.78 Å². The number of alkyl halides is 3. The zero-order valence-electron chi connectivity index (χ0n) is 23.3. The lowest BCUT2D eigenvalue weighted by Crippen LogP contribution is -2.51. The number of nitrogens with two attached hydrogens (primary N) is 1. The number of rotatable bonds is 5. The first-order valence-electron chi connectivity index (χ1n) is 14.4. The van der Waals surface area contributed by atoms with E-state index >= 15 is 4.39 Å². The van der Waals surface area contributed by atoms with E-state index in [0.29, 0.717) is 26.3 Å². The van der Waals surface area contributed by atoms with Crippen LogP contribution in [0.4, 0.5) is 32.8 Å². The molecule has 0 spiro atoms. The Bertz CT molecular complexity index is 1800. The van der Waals surface area contributed by atoms with Crippen molar-refractivity contribution < 1.29 is 31.4 Å². The van der Waals surface area contributed by atoms with Crippen molar-refractivity contribution in [1.29, 1.82) is 5.26 Å². The highest BCUT2D eigenvalue weighted by molar-refractivity contribution is 7.23. The summed E-state index contributed by atoms with van der Waals surface area (Å²) in [6.07, 6.45) is -1.66. The maximum atomic E-state index is 16.8. The van der Waals surface area contributed by atoms with E-state index in [1.807, 2.05) is 11.0 Å². The Labute approximate surface area is 252 Å². The summed E-state index contributed by atoms with van der Waals surface area (Å²) in [6, 6.07) is 4.79. The van der Waals surface area contributed by atoms with Gasteiger partial charge in [-0.05, 0) is 49.3 Å². The minimum absolute atomic E-state index is 0.0784. The highest BCUT2D eigenvalue weighted by Crippen LogP contribution is 2.48. The van der Waals surface area contributed by atoms with Crippen LogP contribution in [0.3, 0.4) is 0 Å². The van der Waals surface area contributed by atoms with Gasteiger partial charge in [-0.1, -0.05) is 6.07 Å². The summed E-state index contributed by atoms with van der Waals surface area (Å²) in [5.41, 5.74) is 2.93. The molecule has 7 rings (SSSR count). The summed E-state index contributed by atoms with van der Waals surface area (Å²) in [5.74, 6) is -1.73. The standard InChI is InChI=1S/C30H27F5N6O2S/c31-21-4-3-17(22-19(10-36)27(37)44-26(21)22)23-20(30(33,34)35)9-18-25(24(23)32)39-29(43-13-14-5-7-42-8-6-14)40-28(18)41-11-15-1-2-16(12-41)38-15/h3-4,9,14-16,38H,1-2,5-8,11-13,37H2/t15-,16+. The number of aromatic nitrogens is 2. The zero-order chi connectivity index (χ0) is 30.7. The first-order chi connectivity index (χ1) is 21.1. The molecule has 0 amide bonds. The average Bonchev–Trinajstić information content (AvgIpc) is 3.53. The molecular weight excluding hydrogens is 603 g/mol. The van der Waals surface area contributed by atoms with Gasteiger partial charge in [0.15, 0.2) is 5.82 Å². The molecule has 4 aromatic rings. The molecule has 44 heavy (non-hydrogen) atoms. The quantitative estimate of drug-likeness (QED) is 0.258. The van der Waals surface area contributed by atoms with Crippen molar-refractivity contribution in [1.82, 2.24) is 15.3 Å². The van der Waals surface area contributed by atoms with Crippen molar-refractivity contribution in [3.05, 3.63) is 41.0 Å². The smallest absolute Gasteiger partial charge is 0.417 e. The molecule has 8 nitrogen and oxygen atoms in total.